The summed E-state index contributed by atoms with van der Waals surface area (Å²) in [5.74, 6) is 0.336. The van der Waals surface area contributed by atoms with Gasteiger partial charge in [0.2, 0.25) is 0 Å². The number of nitrogens with zero attached hydrogens (tertiary/aromatic N) is 2. The largest absolute Gasteiger partial charge is 0.369 e. The molecule has 17 heavy (non-hydrogen) atoms. The van der Waals surface area contributed by atoms with Gasteiger partial charge in [-0.1, -0.05) is 0 Å². The Morgan fingerprint density at radius 2 is 2.18 bits per heavy atom. The molecule has 0 amide bonds. The van der Waals surface area contributed by atoms with Gasteiger partial charge in [-0.2, -0.15) is 5.26 Å². The molecule has 0 spiro atoms. The first-order valence-corrected chi connectivity index (χ1v) is 6.08. The summed E-state index contributed by atoms with van der Waals surface area (Å²) in [7, 11) is 0. The summed E-state index contributed by atoms with van der Waals surface area (Å²) < 4.78 is 13.6. The van der Waals surface area contributed by atoms with Crippen molar-refractivity contribution in [2.75, 3.05) is 11.4 Å². The van der Waals surface area contributed by atoms with Gasteiger partial charge in [-0.15, -0.1) is 0 Å². The van der Waals surface area contributed by atoms with E-state index in [0.29, 0.717) is 6.04 Å². The van der Waals surface area contributed by atoms with Crippen molar-refractivity contribution in [3.05, 3.63) is 29.6 Å². The van der Waals surface area contributed by atoms with Crippen LogP contribution in [0.25, 0.3) is 0 Å². The zero-order valence-corrected chi connectivity index (χ0v) is 10.3. The highest BCUT2D eigenvalue weighted by atomic mass is 19.1. The SMILES string of the molecule is CC(C)N(CC1CC1)c1ccc(C#N)c(F)c1. The smallest absolute Gasteiger partial charge is 0.143 e. The number of benzene rings is 1. The van der Waals surface area contributed by atoms with E-state index in [1.807, 2.05) is 12.1 Å². The molecule has 0 saturated heterocycles. The first-order chi connectivity index (χ1) is 8.11. The molecule has 0 bridgehead atoms. The highest BCUT2D eigenvalue weighted by molar-refractivity contribution is 5.51. The maximum Gasteiger partial charge on any atom is 0.143 e. The molecule has 2 nitrogen and oxygen atoms in total. The van der Waals surface area contributed by atoms with Gasteiger partial charge in [-0.3, -0.25) is 0 Å². The summed E-state index contributed by atoms with van der Waals surface area (Å²) in [6.45, 7) is 5.21. The van der Waals surface area contributed by atoms with E-state index in [-0.39, 0.29) is 5.56 Å². The molecule has 2 rings (SSSR count). The lowest BCUT2D eigenvalue weighted by Gasteiger charge is -2.29. The lowest BCUT2D eigenvalue weighted by Crippen LogP contribution is -2.32. The van der Waals surface area contributed by atoms with E-state index in [9.17, 15) is 4.39 Å². The molecule has 0 N–H and O–H groups in total. The quantitative estimate of drug-likeness (QED) is 0.796. The minimum atomic E-state index is -0.425. The van der Waals surface area contributed by atoms with Crippen molar-refractivity contribution in [3.63, 3.8) is 0 Å². The van der Waals surface area contributed by atoms with Crippen LogP contribution in [0.15, 0.2) is 18.2 Å². The predicted octanol–water partition coefficient (Wildman–Crippen LogP) is 3.32. The average molecular weight is 232 g/mol. The van der Waals surface area contributed by atoms with Gasteiger partial charge in [0, 0.05) is 18.3 Å². The first-order valence-electron chi connectivity index (χ1n) is 6.08. The highest BCUT2D eigenvalue weighted by Crippen LogP contribution is 2.32. The molecule has 0 atom stereocenters. The van der Waals surface area contributed by atoms with Crippen LogP contribution < -0.4 is 4.90 Å². The molecule has 1 fully saturated rings. The Bertz CT molecular complexity index is 444. The lowest BCUT2D eigenvalue weighted by molar-refractivity contribution is 0.613. The van der Waals surface area contributed by atoms with Gasteiger partial charge in [0.05, 0.1) is 5.56 Å². The molecule has 0 heterocycles. The zero-order valence-electron chi connectivity index (χ0n) is 10.3. The van der Waals surface area contributed by atoms with Crippen LogP contribution in [-0.2, 0) is 0 Å². The van der Waals surface area contributed by atoms with E-state index in [2.05, 4.69) is 18.7 Å². The van der Waals surface area contributed by atoms with E-state index < -0.39 is 5.82 Å². The van der Waals surface area contributed by atoms with Crippen LogP contribution in [-0.4, -0.2) is 12.6 Å². The van der Waals surface area contributed by atoms with Crippen LogP contribution in [0.3, 0.4) is 0 Å². The van der Waals surface area contributed by atoms with Crippen molar-refractivity contribution >= 4 is 5.69 Å². The Hall–Kier alpha value is -1.56. The van der Waals surface area contributed by atoms with Crippen molar-refractivity contribution in [1.82, 2.24) is 0 Å². The average Bonchev–Trinajstić information content (AvgIpc) is 3.09. The summed E-state index contributed by atoms with van der Waals surface area (Å²) in [4.78, 5) is 2.21. The third-order valence-electron chi connectivity index (χ3n) is 3.18. The summed E-state index contributed by atoms with van der Waals surface area (Å²) >= 11 is 0. The van der Waals surface area contributed by atoms with Crippen LogP contribution in [0.5, 0.6) is 0 Å². The zero-order chi connectivity index (χ0) is 12.4. The maximum absolute atomic E-state index is 13.6. The Morgan fingerprint density at radius 3 is 2.65 bits per heavy atom. The minimum absolute atomic E-state index is 0.115. The van der Waals surface area contributed by atoms with Crippen LogP contribution in [0.4, 0.5) is 10.1 Å². The Balaban J connectivity index is 2.23. The van der Waals surface area contributed by atoms with Crippen LogP contribution >= 0.6 is 0 Å². The highest BCUT2D eigenvalue weighted by Gasteiger charge is 2.26. The molecule has 1 aliphatic rings. The molecular formula is C14H17FN2. The summed E-state index contributed by atoms with van der Waals surface area (Å²) in [6, 6.07) is 7.07. The molecule has 1 aromatic carbocycles. The van der Waals surface area contributed by atoms with Crippen molar-refractivity contribution in [2.45, 2.75) is 32.7 Å². The number of halogens is 1. The monoisotopic (exact) mass is 232 g/mol. The Morgan fingerprint density at radius 1 is 1.47 bits per heavy atom. The third kappa shape index (κ3) is 2.76. The van der Waals surface area contributed by atoms with Crippen molar-refractivity contribution in [2.24, 2.45) is 5.92 Å². The molecule has 0 unspecified atom stereocenters. The molecule has 0 aromatic heterocycles. The van der Waals surface area contributed by atoms with E-state index in [1.54, 1.807) is 6.07 Å². The molecule has 3 heteroatoms. The number of hydrogen-bond acceptors (Lipinski definition) is 2. The standard InChI is InChI=1S/C14H17FN2/c1-10(2)17(9-11-3-4-11)13-6-5-12(8-16)14(15)7-13/h5-7,10-11H,3-4,9H2,1-2H3. The van der Waals surface area contributed by atoms with Crippen LogP contribution in [0, 0.1) is 23.1 Å². The van der Waals surface area contributed by atoms with E-state index in [4.69, 9.17) is 5.26 Å². The van der Waals surface area contributed by atoms with Crippen LogP contribution in [0.1, 0.15) is 32.3 Å². The summed E-state index contributed by atoms with van der Waals surface area (Å²) in [5, 5.41) is 8.71. The molecular weight excluding hydrogens is 215 g/mol. The topological polar surface area (TPSA) is 27.0 Å². The number of rotatable bonds is 4. The minimum Gasteiger partial charge on any atom is -0.369 e. The Kier molecular flexibility index (Phi) is 3.33. The second-order valence-corrected chi connectivity index (χ2v) is 4.97. The molecule has 0 aliphatic heterocycles. The summed E-state index contributed by atoms with van der Waals surface area (Å²) in [6.07, 6.45) is 2.56. The van der Waals surface area contributed by atoms with Gasteiger partial charge < -0.3 is 4.90 Å². The normalized spacial score (nSPS) is 14.8. The first kappa shape index (κ1) is 11.9. The van der Waals surface area contributed by atoms with Crippen molar-refractivity contribution in [3.8, 4) is 6.07 Å². The number of hydrogen-bond donors (Lipinski definition) is 0. The molecule has 1 saturated carbocycles. The van der Waals surface area contributed by atoms with E-state index >= 15 is 0 Å². The maximum atomic E-state index is 13.6. The number of nitriles is 1. The second kappa shape index (κ2) is 4.75. The predicted molar refractivity (Wildman–Crippen MR) is 66.3 cm³/mol. The summed E-state index contributed by atoms with van der Waals surface area (Å²) in [5.41, 5.74) is 0.993. The lowest BCUT2D eigenvalue weighted by atomic mass is 10.1. The molecule has 1 aliphatic carbocycles. The molecule has 90 valence electrons. The molecule has 0 radical (unpaired) electrons. The van der Waals surface area contributed by atoms with Crippen LogP contribution in [0.2, 0.25) is 0 Å². The number of anilines is 1. The van der Waals surface area contributed by atoms with E-state index in [1.165, 1.54) is 18.9 Å². The fourth-order valence-electron chi connectivity index (χ4n) is 1.97. The van der Waals surface area contributed by atoms with Crippen molar-refractivity contribution in [1.29, 1.82) is 5.26 Å². The van der Waals surface area contributed by atoms with Gasteiger partial charge >= 0.3 is 0 Å². The fraction of sp³-hybridized carbons (Fsp3) is 0.500. The van der Waals surface area contributed by atoms with Crippen molar-refractivity contribution < 1.29 is 4.39 Å². The fourth-order valence-corrected chi connectivity index (χ4v) is 1.97. The van der Waals surface area contributed by atoms with E-state index in [0.717, 1.165) is 18.2 Å². The van der Waals surface area contributed by atoms with Gasteiger partial charge in [0.1, 0.15) is 11.9 Å². The third-order valence-corrected chi connectivity index (χ3v) is 3.18. The Labute approximate surface area is 102 Å². The molecule has 1 aromatic rings. The van der Waals surface area contributed by atoms with Gasteiger partial charge in [-0.05, 0) is 50.8 Å². The van der Waals surface area contributed by atoms with Gasteiger partial charge in [-0.25, -0.2) is 4.39 Å². The second-order valence-electron chi connectivity index (χ2n) is 4.97. The van der Waals surface area contributed by atoms with Gasteiger partial charge in [0.25, 0.3) is 0 Å². The van der Waals surface area contributed by atoms with Gasteiger partial charge in [0.15, 0.2) is 0 Å².